The van der Waals surface area contributed by atoms with Gasteiger partial charge in [0.1, 0.15) is 6.26 Å². The fourth-order valence-corrected chi connectivity index (χ4v) is 1.68. The summed E-state index contributed by atoms with van der Waals surface area (Å²) in [6.45, 7) is 4.15. The lowest BCUT2D eigenvalue weighted by Crippen LogP contribution is -2.29. The van der Waals surface area contributed by atoms with E-state index in [9.17, 15) is 4.79 Å². The zero-order chi connectivity index (χ0) is 13.0. The van der Waals surface area contributed by atoms with Gasteiger partial charge < -0.3 is 4.42 Å². The number of nitrogens with zero attached hydrogens (tertiary/aromatic N) is 2. The summed E-state index contributed by atoms with van der Waals surface area (Å²) in [5, 5.41) is 0. The third kappa shape index (κ3) is 2.77. The topological polar surface area (TPSA) is 46.3 Å². The summed E-state index contributed by atoms with van der Waals surface area (Å²) in [6.07, 6.45) is 1.98. The number of anilines is 1. The molecule has 0 saturated heterocycles. The van der Waals surface area contributed by atoms with E-state index in [0.717, 1.165) is 11.3 Å². The molecule has 0 bridgehead atoms. The third-order valence-electron chi connectivity index (χ3n) is 2.62. The van der Waals surface area contributed by atoms with Gasteiger partial charge in [0.25, 0.3) is 0 Å². The van der Waals surface area contributed by atoms with Crippen molar-refractivity contribution in [2.45, 2.75) is 26.8 Å². The Balaban J connectivity index is 2.24. The van der Waals surface area contributed by atoms with E-state index in [1.807, 2.05) is 44.2 Å². The molecule has 18 heavy (non-hydrogen) atoms. The van der Waals surface area contributed by atoms with Crippen molar-refractivity contribution in [1.29, 1.82) is 0 Å². The van der Waals surface area contributed by atoms with Gasteiger partial charge in [0.2, 0.25) is 5.91 Å². The van der Waals surface area contributed by atoms with Crippen LogP contribution in [0.2, 0.25) is 0 Å². The fourth-order valence-electron chi connectivity index (χ4n) is 1.68. The summed E-state index contributed by atoms with van der Waals surface area (Å²) in [7, 11) is 0. The lowest BCUT2D eigenvalue weighted by molar-refractivity contribution is -0.118. The maximum absolute atomic E-state index is 12.0. The molecule has 0 radical (unpaired) electrons. The van der Waals surface area contributed by atoms with Crippen LogP contribution in [0.4, 0.5) is 6.01 Å². The third-order valence-corrected chi connectivity index (χ3v) is 2.62. The number of carbonyl (C=O) groups excluding carboxylic acids is 1. The Morgan fingerprint density at radius 1 is 1.33 bits per heavy atom. The number of amides is 1. The van der Waals surface area contributed by atoms with Crippen LogP contribution in [0.5, 0.6) is 0 Å². The summed E-state index contributed by atoms with van der Waals surface area (Å²) in [4.78, 5) is 17.7. The van der Waals surface area contributed by atoms with Gasteiger partial charge in [0, 0.05) is 6.42 Å². The molecule has 0 aliphatic heterocycles. The van der Waals surface area contributed by atoms with Crippen LogP contribution in [-0.2, 0) is 11.3 Å². The lowest BCUT2D eigenvalue weighted by Gasteiger charge is -2.17. The average molecular weight is 244 g/mol. The van der Waals surface area contributed by atoms with Crippen LogP contribution in [-0.4, -0.2) is 10.9 Å². The van der Waals surface area contributed by atoms with Gasteiger partial charge in [-0.2, -0.15) is 4.98 Å². The maximum atomic E-state index is 12.0. The molecule has 0 unspecified atom stereocenters. The highest BCUT2D eigenvalue weighted by atomic mass is 16.4. The van der Waals surface area contributed by atoms with Gasteiger partial charge in [0.05, 0.1) is 12.2 Å². The SMILES string of the molecule is CCC(=O)N(Cc1ccccc1)c1nc(C)co1. The molecule has 1 aromatic carbocycles. The number of rotatable bonds is 4. The van der Waals surface area contributed by atoms with Crippen molar-refractivity contribution in [2.24, 2.45) is 0 Å². The summed E-state index contributed by atoms with van der Waals surface area (Å²) in [5.74, 6) is 0.000651. The molecule has 0 aliphatic carbocycles. The van der Waals surface area contributed by atoms with E-state index >= 15 is 0 Å². The maximum Gasteiger partial charge on any atom is 0.304 e. The van der Waals surface area contributed by atoms with E-state index < -0.39 is 0 Å². The lowest BCUT2D eigenvalue weighted by atomic mass is 10.2. The van der Waals surface area contributed by atoms with Crippen molar-refractivity contribution in [3.8, 4) is 0 Å². The van der Waals surface area contributed by atoms with E-state index in [2.05, 4.69) is 4.98 Å². The summed E-state index contributed by atoms with van der Waals surface area (Å²) in [5.41, 5.74) is 1.82. The van der Waals surface area contributed by atoms with Gasteiger partial charge in [-0.15, -0.1) is 0 Å². The van der Waals surface area contributed by atoms with Crippen molar-refractivity contribution < 1.29 is 9.21 Å². The first-order valence-electron chi connectivity index (χ1n) is 5.97. The molecule has 0 fully saturated rings. The van der Waals surface area contributed by atoms with Gasteiger partial charge in [-0.05, 0) is 12.5 Å². The molecule has 4 nitrogen and oxygen atoms in total. The minimum absolute atomic E-state index is 0.000651. The summed E-state index contributed by atoms with van der Waals surface area (Å²) in [6, 6.07) is 10.2. The number of aryl methyl sites for hydroxylation is 1. The normalized spacial score (nSPS) is 10.3. The molecule has 1 aromatic heterocycles. The Kier molecular flexibility index (Phi) is 3.77. The Morgan fingerprint density at radius 3 is 2.61 bits per heavy atom. The zero-order valence-corrected chi connectivity index (χ0v) is 10.6. The molecule has 94 valence electrons. The number of hydrogen-bond donors (Lipinski definition) is 0. The molecule has 4 heteroatoms. The standard InChI is InChI=1S/C14H16N2O2/c1-3-13(17)16(14-15-11(2)10-18-14)9-12-7-5-4-6-8-12/h4-8,10H,3,9H2,1-2H3. The number of benzene rings is 1. The number of carbonyl (C=O) groups is 1. The van der Waals surface area contributed by atoms with Crippen molar-refractivity contribution in [3.63, 3.8) is 0 Å². The van der Waals surface area contributed by atoms with Gasteiger partial charge >= 0.3 is 6.01 Å². The Hall–Kier alpha value is -2.10. The second-order valence-corrected chi connectivity index (χ2v) is 4.09. The molecule has 0 aliphatic rings. The predicted molar refractivity (Wildman–Crippen MR) is 69.2 cm³/mol. The van der Waals surface area contributed by atoms with Gasteiger partial charge in [-0.3, -0.25) is 9.69 Å². The van der Waals surface area contributed by atoms with Crippen molar-refractivity contribution in [2.75, 3.05) is 4.90 Å². The number of aromatic nitrogens is 1. The summed E-state index contributed by atoms with van der Waals surface area (Å²) >= 11 is 0. The molecular formula is C14H16N2O2. The molecule has 0 saturated carbocycles. The Labute approximate surface area is 106 Å². The molecule has 0 N–H and O–H groups in total. The van der Waals surface area contributed by atoms with Crippen molar-refractivity contribution in [3.05, 3.63) is 47.9 Å². The second-order valence-electron chi connectivity index (χ2n) is 4.09. The largest absolute Gasteiger partial charge is 0.431 e. The quantitative estimate of drug-likeness (QED) is 0.830. The Morgan fingerprint density at radius 2 is 2.06 bits per heavy atom. The van der Waals surface area contributed by atoms with Gasteiger partial charge in [-0.1, -0.05) is 37.3 Å². The van der Waals surface area contributed by atoms with Crippen LogP contribution < -0.4 is 4.90 Å². The minimum Gasteiger partial charge on any atom is -0.431 e. The number of oxazole rings is 1. The van der Waals surface area contributed by atoms with Gasteiger partial charge in [0.15, 0.2) is 0 Å². The predicted octanol–water partition coefficient (Wildman–Crippen LogP) is 2.93. The highest BCUT2D eigenvalue weighted by Gasteiger charge is 2.18. The monoisotopic (exact) mass is 244 g/mol. The zero-order valence-electron chi connectivity index (χ0n) is 10.6. The van der Waals surface area contributed by atoms with E-state index in [1.165, 1.54) is 0 Å². The van der Waals surface area contributed by atoms with Crippen LogP contribution in [0, 0.1) is 6.92 Å². The first-order valence-corrected chi connectivity index (χ1v) is 5.97. The second kappa shape index (κ2) is 5.49. The molecule has 1 heterocycles. The van der Waals surface area contributed by atoms with Crippen molar-refractivity contribution >= 4 is 11.9 Å². The molecule has 0 spiro atoms. The first-order chi connectivity index (χ1) is 8.70. The van der Waals surface area contributed by atoms with Gasteiger partial charge in [-0.25, -0.2) is 0 Å². The average Bonchev–Trinajstić information content (AvgIpc) is 2.83. The molecule has 2 aromatic rings. The van der Waals surface area contributed by atoms with Crippen LogP contribution in [0.25, 0.3) is 0 Å². The van der Waals surface area contributed by atoms with Crippen LogP contribution >= 0.6 is 0 Å². The smallest absolute Gasteiger partial charge is 0.304 e. The van der Waals surface area contributed by atoms with E-state index in [1.54, 1.807) is 11.2 Å². The van der Waals surface area contributed by atoms with Crippen molar-refractivity contribution in [1.82, 2.24) is 4.98 Å². The van der Waals surface area contributed by atoms with E-state index in [-0.39, 0.29) is 5.91 Å². The molecule has 2 rings (SSSR count). The Bertz CT molecular complexity index is 520. The highest BCUT2D eigenvalue weighted by molar-refractivity contribution is 5.90. The fraction of sp³-hybridized carbons (Fsp3) is 0.286. The minimum atomic E-state index is 0.000651. The van der Waals surface area contributed by atoms with Crippen LogP contribution in [0.3, 0.4) is 0 Å². The first kappa shape index (κ1) is 12.4. The highest BCUT2D eigenvalue weighted by Crippen LogP contribution is 2.17. The molecule has 1 amide bonds. The molecular weight excluding hydrogens is 228 g/mol. The van der Waals surface area contributed by atoms with Crippen LogP contribution in [0.15, 0.2) is 41.0 Å². The number of hydrogen-bond acceptors (Lipinski definition) is 3. The van der Waals surface area contributed by atoms with E-state index in [4.69, 9.17) is 4.42 Å². The van der Waals surface area contributed by atoms with Crippen LogP contribution in [0.1, 0.15) is 24.6 Å². The molecule has 0 atom stereocenters. The summed E-state index contributed by atoms with van der Waals surface area (Å²) < 4.78 is 5.32. The van der Waals surface area contributed by atoms with E-state index in [0.29, 0.717) is 19.0 Å².